The van der Waals surface area contributed by atoms with Gasteiger partial charge in [0.1, 0.15) is 17.5 Å². The first-order valence-electron chi connectivity index (χ1n) is 9.60. The lowest BCUT2D eigenvalue weighted by atomic mass is 10.1. The van der Waals surface area contributed by atoms with Gasteiger partial charge in [-0.15, -0.1) is 0 Å². The van der Waals surface area contributed by atoms with Crippen molar-refractivity contribution in [1.82, 2.24) is 20.2 Å². The summed E-state index contributed by atoms with van der Waals surface area (Å²) in [4.78, 5) is 9.18. The maximum Gasteiger partial charge on any atom is 0.156 e. The van der Waals surface area contributed by atoms with E-state index in [-0.39, 0.29) is 5.82 Å². The standard InChI is InChI=1S/C21H23FN6O/c1-14-12-21(28-27-14)26-20-13-19(23-17-8-10-29-11-9-17)24-18(25-20)7-4-15-2-5-16(22)6-3-15/h2-7,12-13,17H,8-11H2,1H3,(H3,23,24,25,26,27,28)/b7-4+. The molecule has 150 valence electrons. The molecule has 3 aromatic rings. The predicted molar refractivity (Wildman–Crippen MR) is 111 cm³/mol. The van der Waals surface area contributed by atoms with Gasteiger partial charge < -0.3 is 15.4 Å². The van der Waals surface area contributed by atoms with Crippen LogP contribution in [0, 0.1) is 12.7 Å². The molecule has 0 bridgehead atoms. The van der Waals surface area contributed by atoms with Gasteiger partial charge in [-0.05, 0) is 43.5 Å². The van der Waals surface area contributed by atoms with Crippen LogP contribution in [0.2, 0.25) is 0 Å². The molecule has 1 fully saturated rings. The third-order valence-electron chi connectivity index (χ3n) is 4.57. The van der Waals surface area contributed by atoms with Crippen molar-refractivity contribution in [3.05, 3.63) is 59.3 Å². The number of ether oxygens (including phenoxy) is 1. The van der Waals surface area contributed by atoms with Crippen LogP contribution in [0.15, 0.2) is 36.4 Å². The number of nitrogens with one attached hydrogen (secondary N) is 3. The molecular formula is C21H23FN6O. The van der Waals surface area contributed by atoms with Crippen molar-refractivity contribution < 1.29 is 9.13 Å². The Labute approximate surface area is 168 Å². The Morgan fingerprint density at radius 2 is 1.79 bits per heavy atom. The monoisotopic (exact) mass is 394 g/mol. The Morgan fingerprint density at radius 1 is 1.03 bits per heavy atom. The van der Waals surface area contributed by atoms with Gasteiger partial charge >= 0.3 is 0 Å². The number of anilines is 3. The van der Waals surface area contributed by atoms with Gasteiger partial charge in [0, 0.05) is 37.1 Å². The van der Waals surface area contributed by atoms with E-state index in [0.717, 1.165) is 43.1 Å². The molecule has 29 heavy (non-hydrogen) atoms. The zero-order valence-corrected chi connectivity index (χ0v) is 16.2. The molecule has 0 unspecified atom stereocenters. The van der Waals surface area contributed by atoms with E-state index in [0.29, 0.717) is 23.5 Å². The molecule has 1 saturated heterocycles. The lowest BCUT2D eigenvalue weighted by Crippen LogP contribution is -2.28. The average Bonchev–Trinajstić information content (AvgIpc) is 3.13. The van der Waals surface area contributed by atoms with E-state index < -0.39 is 0 Å². The summed E-state index contributed by atoms with van der Waals surface area (Å²) in [7, 11) is 0. The van der Waals surface area contributed by atoms with Crippen LogP contribution in [0.1, 0.15) is 29.9 Å². The molecule has 0 radical (unpaired) electrons. The van der Waals surface area contributed by atoms with Gasteiger partial charge in [-0.2, -0.15) is 5.10 Å². The van der Waals surface area contributed by atoms with E-state index in [1.165, 1.54) is 12.1 Å². The molecule has 3 N–H and O–H groups in total. The van der Waals surface area contributed by atoms with Gasteiger partial charge in [0.15, 0.2) is 11.6 Å². The highest BCUT2D eigenvalue weighted by Gasteiger charge is 2.15. The minimum absolute atomic E-state index is 0.262. The van der Waals surface area contributed by atoms with Crippen molar-refractivity contribution in [3.63, 3.8) is 0 Å². The van der Waals surface area contributed by atoms with Crippen LogP contribution in [0.5, 0.6) is 0 Å². The first kappa shape index (κ1) is 19.1. The van der Waals surface area contributed by atoms with Crippen molar-refractivity contribution in [1.29, 1.82) is 0 Å². The predicted octanol–water partition coefficient (Wildman–Crippen LogP) is 4.15. The topological polar surface area (TPSA) is 87.8 Å². The molecule has 4 rings (SSSR count). The molecule has 0 amide bonds. The number of benzene rings is 1. The van der Waals surface area contributed by atoms with E-state index in [2.05, 4.69) is 30.8 Å². The fourth-order valence-corrected chi connectivity index (χ4v) is 3.09. The van der Waals surface area contributed by atoms with Crippen LogP contribution in [-0.4, -0.2) is 39.4 Å². The van der Waals surface area contributed by atoms with Crippen molar-refractivity contribution in [2.45, 2.75) is 25.8 Å². The summed E-state index contributed by atoms with van der Waals surface area (Å²) in [6.07, 6.45) is 5.54. The number of aromatic nitrogens is 4. The number of aromatic amines is 1. The summed E-state index contributed by atoms with van der Waals surface area (Å²) in [5.41, 5.74) is 1.83. The smallest absolute Gasteiger partial charge is 0.156 e. The Bertz CT molecular complexity index is 979. The maximum atomic E-state index is 13.1. The van der Waals surface area contributed by atoms with Gasteiger partial charge in [0.2, 0.25) is 0 Å². The van der Waals surface area contributed by atoms with Crippen LogP contribution in [0.25, 0.3) is 12.2 Å². The SMILES string of the molecule is Cc1cc(Nc2cc(NC3CCOCC3)nc(/C=C/c3ccc(F)cc3)n2)n[nH]1. The van der Waals surface area contributed by atoms with Gasteiger partial charge in [-0.25, -0.2) is 14.4 Å². The second-order valence-electron chi connectivity index (χ2n) is 6.97. The van der Waals surface area contributed by atoms with Crippen molar-refractivity contribution in [3.8, 4) is 0 Å². The summed E-state index contributed by atoms with van der Waals surface area (Å²) in [6, 6.07) is 10.4. The lowest BCUT2D eigenvalue weighted by Gasteiger charge is -2.23. The first-order valence-corrected chi connectivity index (χ1v) is 9.60. The Kier molecular flexibility index (Phi) is 5.81. The van der Waals surface area contributed by atoms with Crippen LogP contribution >= 0.6 is 0 Å². The maximum absolute atomic E-state index is 13.1. The first-order chi connectivity index (χ1) is 14.1. The molecule has 1 aromatic carbocycles. The van der Waals surface area contributed by atoms with Crippen molar-refractivity contribution in [2.24, 2.45) is 0 Å². The molecule has 0 spiro atoms. The summed E-state index contributed by atoms with van der Waals surface area (Å²) < 4.78 is 18.5. The summed E-state index contributed by atoms with van der Waals surface area (Å²) >= 11 is 0. The molecule has 2 aromatic heterocycles. The quantitative estimate of drug-likeness (QED) is 0.582. The van der Waals surface area contributed by atoms with E-state index >= 15 is 0 Å². The summed E-state index contributed by atoms with van der Waals surface area (Å²) in [5.74, 6) is 2.34. The summed E-state index contributed by atoms with van der Waals surface area (Å²) in [6.45, 7) is 3.43. The zero-order valence-electron chi connectivity index (χ0n) is 16.2. The van der Waals surface area contributed by atoms with Crippen LogP contribution in [0.4, 0.5) is 21.8 Å². The number of rotatable bonds is 6. The second-order valence-corrected chi connectivity index (χ2v) is 6.97. The van der Waals surface area contributed by atoms with Gasteiger partial charge in [-0.1, -0.05) is 18.2 Å². The molecule has 0 saturated carbocycles. The molecule has 0 atom stereocenters. The van der Waals surface area contributed by atoms with Crippen LogP contribution in [0.3, 0.4) is 0 Å². The Balaban J connectivity index is 1.58. The number of H-pyrrole nitrogens is 1. The second kappa shape index (κ2) is 8.83. The molecule has 1 aliphatic heterocycles. The lowest BCUT2D eigenvalue weighted by molar-refractivity contribution is 0.0904. The molecule has 1 aliphatic rings. The third-order valence-corrected chi connectivity index (χ3v) is 4.57. The van der Waals surface area contributed by atoms with E-state index in [4.69, 9.17) is 4.74 Å². The number of hydrogen-bond donors (Lipinski definition) is 3. The number of halogens is 1. The van der Waals surface area contributed by atoms with E-state index in [1.54, 1.807) is 12.1 Å². The number of nitrogens with zero attached hydrogens (tertiary/aromatic N) is 3. The summed E-state index contributed by atoms with van der Waals surface area (Å²) in [5, 5.41) is 13.8. The highest BCUT2D eigenvalue weighted by Crippen LogP contribution is 2.20. The number of aryl methyl sites for hydroxylation is 1. The highest BCUT2D eigenvalue weighted by atomic mass is 19.1. The zero-order chi connectivity index (χ0) is 20.1. The molecule has 0 aliphatic carbocycles. The Hall–Kier alpha value is -3.26. The fourth-order valence-electron chi connectivity index (χ4n) is 3.09. The minimum atomic E-state index is -0.262. The van der Waals surface area contributed by atoms with Gasteiger partial charge in [0.25, 0.3) is 0 Å². The third kappa shape index (κ3) is 5.39. The highest BCUT2D eigenvalue weighted by molar-refractivity contribution is 5.68. The van der Waals surface area contributed by atoms with Crippen LogP contribution in [-0.2, 0) is 4.74 Å². The van der Waals surface area contributed by atoms with Crippen molar-refractivity contribution in [2.75, 3.05) is 23.8 Å². The average molecular weight is 394 g/mol. The number of hydrogen-bond acceptors (Lipinski definition) is 6. The molecule has 8 heteroatoms. The molecule has 3 heterocycles. The van der Waals surface area contributed by atoms with Crippen molar-refractivity contribution >= 4 is 29.6 Å². The largest absolute Gasteiger partial charge is 0.381 e. The molecular weight excluding hydrogens is 371 g/mol. The van der Waals surface area contributed by atoms with E-state index in [9.17, 15) is 4.39 Å². The fraction of sp³-hybridized carbons (Fsp3) is 0.286. The van der Waals surface area contributed by atoms with E-state index in [1.807, 2.05) is 31.2 Å². The van der Waals surface area contributed by atoms with Crippen LogP contribution < -0.4 is 10.6 Å². The molecule has 7 nitrogen and oxygen atoms in total. The Morgan fingerprint density at radius 3 is 2.52 bits per heavy atom. The van der Waals surface area contributed by atoms with Gasteiger partial charge in [-0.3, -0.25) is 5.10 Å². The minimum Gasteiger partial charge on any atom is -0.381 e. The normalized spacial score (nSPS) is 15.0. The van der Waals surface area contributed by atoms with Gasteiger partial charge in [0.05, 0.1) is 0 Å².